The van der Waals surface area contributed by atoms with Gasteiger partial charge in [-0.15, -0.1) is 0 Å². The zero-order valence-corrected chi connectivity index (χ0v) is 16.4. The van der Waals surface area contributed by atoms with Gasteiger partial charge in [0, 0.05) is 32.2 Å². The van der Waals surface area contributed by atoms with Crippen LogP contribution in [-0.4, -0.2) is 30.3 Å². The van der Waals surface area contributed by atoms with Crippen molar-refractivity contribution in [3.05, 3.63) is 65.2 Å². The number of benzene rings is 2. The summed E-state index contributed by atoms with van der Waals surface area (Å²) in [6.07, 6.45) is 2.04. The van der Waals surface area contributed by atoms with Gasteiger partial charge in [0.25, 0.3) is 0 Å². The maximum atomic E-state index is 12.9. The number of rotatable bonds is 6. The molecule has 1 fully saturated rings. The molecule has 1 aliphatic rings. The number of carbonyl (C=O) groups excluding carboxylic acids is 2. The van der Waals surface area contributed by atoms with E-state index in [0.29, 0.717) is 19.5 Å². The van der Waals surface area contributed by atoms with E-state index in [2.05, 4.69) is 32.0 Å². The van der Waals surface area contributed by atoms with Crippen LogP contribution in [0, 0.1) is 5.92 Å². The van der Waals surface area contributed by atoms with Crippen LogP contribution in [0.4, 0.5) is 5.69 Å². The quantitative estimate of drug-likeness (QED) is 0.782. The highest BCUT2D eigenvalue weighted by atomic mass is 16.2. The van der Waals surface area contributed by atoms with Crippen LogP contribution in [0.2, 0.25) is 0 Å². The fourth-order valence-electron chi connectivity index (χ4n) is 3.90. The maximum Gasteiger partial charge on any atom is 0.228 e. The molecule has 2 amide bonds. The first-order valence-corrected chi connectivity index (χ1v) is 9.75. The van der Waals surface area contributed by atoms with Gasteiger partial charge in [0.1, 0.15) is 0 Å². The lowest BCUT2D eigenvalue weighted by atomic mass is 10.0. The van der Waals surface area contributed by atoms with Crippen molar-refractivity contribution in [1.82, 2.24) is 4.90 Å². The molecule has 0 radical (unpaired) electrons. The number of anilines is 1. The molecule has 27 heavy (non-hydrogen) atoms. The number of aryl methyl sites for hydroxylation is 2. The van der Waals surface area contributed by atoms with Crippen molar-refractivity contribution in [1.29, 1.82) is 0 Å². The highest BCUT2D eigenvalue weighted by Crippen LogP contribution is 2.33. The van der Waals surface area contributed by atoms with Gasteiger partial charge in [-0.05, 0) is 29.5 Å². The Bertz CT molecular complexity index is 794. The highest BCUT2D eigenvalue weighted by Gasteiger charge is 2.37. The van der Waals surface area contributed by atoms with Crippen molar-refractivity contribution < 1.29 is 9.59 Å². The van der Waals surface area contributed by atoms with Crippen LogP contribution in [0.15, 0.2) is 48.5 Å². The highest BCUT2D eigenvalue weighted by molar-refractivity contribution is 6.01. The van der Waals surface area contributed by atoms with Crippen LogP contribution < -0.4 is 4.90 Å². The zero-order chi connectivity index (χ0) is 19.4. The number of hydrogen-bond acceptors (Lipinski definition) is 2. The van der Waals surface area contributed by atoms with Crippen molar-refractivity contribution in [2.75, 3.05) is 18.5 Å². The van der Waals surface area contributed by atoms with Gasteiger partial charge in [-0.25, -0.2) is 0 Å². The first-order chi connectivity index (χ1) is 13.0. The fraction of sp³-hybridized carbons (Fsp3) is 0.391. The molecule has 0 aromatic heterocycles. The van der Waals surface area contributed by atoms with E-state index in [1.165, 1.54) is 11.1 Å². The summed E-state index contributed by atoms with van der Waals surface area (Å²) in [5.41, 5.74) is 4.47. The van der Waals surface area contributed by atoms with E-state index in [-0.39, 0.29) is 17.7 Å². The van der Waals surface area contributed by atoms with E-state index < -0.39 is 0 Å². The van der Waals surface area contributed by atoms with Crippen molar-refractivity contribution >= 4 is 17.5 Å². The minimum atomic E-state index is -0.277. The molecule has 3 rings (SSSR count). The second kappa shape index (κ2) is 8.38. The Morgan fingerprint density at radius 2 is 1.67 bits per heavy atom. The molecule has 0 spiro atoms. The van der Waals surface area contributed by atoms with Gasteiger partial charge in [0.15, 0.2) is 0 Å². The number of para-hydroxylation sites is 1. The Labute approximate surface area is 161 Å². The Kier molecular flexibility index (Phi) is 5.94. The Morgan fingerprint density at radius 1 is 1.04 bits per heavy atom. The third-order valence-electron chi connectivity index (χ3n) is 5.35. The minimum absolute atomic E-state index is 0.0433. The molecule has 1 heterocycles. The van der Waals surface area contributed by atoms with Gasteiger partial charge < -0.3 is 9.80 Å². The monoisotopic (exact) mass is 364 g/mol. The molecule has 4 heteroatoms. The summed E-state index contributed by atoms with van der Waals surface area (Å²) in [6.45, 7) is 5.25. The molecule has 4 nitrogen and oxygen atoms in total. The average molecular weight is 364 g/mol. The normalized spacial score (nSPS) is 16.6. The molecule has 1 unspecified atom stereocenters. The second-order valence-corrected chi connectivity index (χ2v) is 7.22. The van der Waals surface area contributed by atoms with Crippen LogP contribution in [-0.2, 0) is 29.0 Å². The van der Waals surface area contributed by atoms with E-state index in [1.807, 2.05) is 42.3 Å². The standard InChI is InChI=1S/C23H28N2O2/c1-4-18-12-9-13-19(5-2)22(18)25-16-20(14-21(25)26)23(27)24(3)15-17-10-7-6-8-11-17/h6-13,20H,4-5,14-16H2,1-3H3. The first-order valence-electron chi connectivity index (χ1n) is 9.75. The van der Waals surface area contributed by atoms with E-state index in [1.54, 1.807) is 4.90 Å². The lowest BCUT2D eigenvalue weighted by molar-refractivity contribution is -0.135. The number of nitrogens with zero attached hydrogens (tertiary/aromatic N) is 2. The first kappa shape index (κ1) is 19.2. The summed E-state index contributed by atoms with van der Waals surface area (Å²) in [5, 5.41) is 0. The molecule has 2 aromatic rings. The third-order valence-corrected chi connectivity index (χ3v) is 5.35. The summed E-state index contributed by atoms with van der Waals surface area (Å²) in [6, 6.07) is 16.2. The maximum absolute atomic E-state index is 12.9. The predicted octanol–water partition coefficient (Wildman–Crippen LogP) is 3.82. The number of carbonyl (C=O) groups is 2. The molecular formula is C23H28N2O2. The van der Waals surface area contributed by atoms with Crippen molar-refractivity contribution in [2.45, 2.75) is 39.7 Å². The van der Waals surface area contributed by atoms with Crippen molar-refractivity contribution in [3.8, 4) is 0 Å². The molecule has 2 aromatic carbocycles. The van der Waals surface area contributed by atoms with Crippen LogP contribution in [0.5, 0.6) is 0 Å². The van der Waals surface area contributed by atoms with Gasteiger partial charge in [-0.2, -0.15) is 0 Å². The largest absolute Gasteiger partial charge is 0.341 e. The van der Waals surface area contributed by atoms with Gasteiger partial charge in [0.05, 0.1) is 5.92 Å². The molecule has 0 saturated carbocycles. The second-order valence-electron chi connectivity index (χ2n) is 7.22. The van der Waals surface area contributed by atoms with Crippen LogP contribution in [0.25, 0.3) is 0 Å². The number of hydrogen-bond donors (Lipinski definition) is 0. The van der Waals surface area contributed by atoms with Gasteiger partial charge in [-0.3, -0.25) is 9.59 Å². The smallest absolute Gasteiger partial charge is 0.228 e. The lowest BCUT2D eigenvalue weighted by Crippen LogP contribution is -2.34. The molecule has 0 N–H and O–H groups in total. The third kappa shape index (κ3) is 4.05. The summed E-state index contributed by atoms with van der Waals surface area (Å²) >= 11 is 0. The zero-order valence-electron chi connectivity index (χ0n) is 16.4. The summed E-state index contributed by atoms with van der Waals surface area (Å²) in [4.78, 5) is 29.3. The molecule has 142 valence electrons. The summed E-state index contributed by atoms with van der Waals surface area (Å²) < 4.78 is 0. The van der Waals surface area contributed by atoms with E-state index >= 15 is 0 Å². The van der Waals surface area contributed by atoms with Gasteiger partial charge >= 0.3 is 0 Å². The topological polar surface area (TPSA) is 40.6 Å². The van der Waals surface area contributed by atoms with Crippen molar-refractivity contribution in [2.24, 2.45) is 5.92 Å². The molecule has 1 atom stereocenters. The van der Waals surface area contributed by atoms with E-state index in [0.717, 1.165) is 24.1 Å². The molecule has 1 saturated heterocycles. The average Bonchev–Trinajstić information content (AvgIpc) is 3.08. The van der Waals surface area contributed by atoms with Crippen LogP contribution >= 0.6 is 0 Å². The molecule has 0 bridgehead atoms. The van der Waals surface area contributed by atoms with Gasteiger partial charge in [0.2, 0.25) is 11.8 Å². The number of amides is 2. The molecule has 0 aliphatic carbocycles. The SMILES string of the molecule is CCc1cccc(CC)c1N1CC(C(=O)N(C)Cc2ccccc2)CC1=O. The van der Waals surface area contributed by atoms with E-state index in [4.69, 9.17) is 0 Å². The summed E-state index contributed by atoms with van der Waals surface area (Å²) in [7, 11) is 1.82. The van der Waals surface area contributed by atoms with Crippen molar-refractivity contribution in [3.63, 3.8) is 0 Å². The Hall–Kier alpha value is -2.62. The summed E-state index contributed by atoms with van der Waals surface area (Å²) in [5.74, 6) is -0.181. The molecular weight excluding hydrogens is 336 g/mol. The van der Waals surface area contributed by atoms with Gasteiger partial charge in [-0.1, -0.05) is 62.4 Å². The Balaban J connectivity index is 1.77. The van der Waals surface area contributed by atoms with E-state index in [9.17, 15) is 9.59 Å². The van der Waals surface area contributed by atoms with Crippen LogP contribution in [0.3, 0.4) is 0 Å². The Morgan fingerprint density at radius 3 is 2.26 bits per heavy atom. The molecule has 1 aliphatic heterocycles. The minimum Gasteiger partial charge on any atom is -0.341 e. The predicted molar refractivity (Wildman–Crippen MR) is 109 cm³/mol. The fourth-order valence-corrected chi connectivity index (χ4v) is 3.90. The van der Waals surface area contributed by atoms with Crippen LogP contribution in [0.1, 0.15) is 37.0 Å². The lowest BCUT2D eigenvalue weighted by Gasteiger charge is -2.24.